The maximum Gasteiger partial charge on any atom is 0.239 e. The SMILES string of the molecule is CCCN1C(=O)C2CC(c3ccc(NC(C)=O)cc3)(C2)C1=O. The van der Waals surface area contributed by atoms with Crippen LogP contribution in [0.1, 0.15) is 38.7 Å². The van der Waals surface area contributed by atoms with Gasteiger partial charge < -0.3 is 5.32 Å². The molecule has 4 rings (SSSR count). The molecule has 0 spiro atoms. The summed E-state index contributed by atoms with van der Waals surface area (Å²) in [5.74, 6) is -0.208. The fourth-order valence-electron chi connectivity index (χ4n) is 3.58. The molecule has 0 unspecified atom stereocenters. The molecule has 0 atom stereocenters. The lowest BCUT2D eigenvalue weighted by Gasteiger charge is -2.53. The van der Waals surface area contributed by atoms with Crippen LogP contribution < -0.4 is 5.32 Å². The Morgan fingerprint density at radius 2 is 1.91 bits per heavy atom. The van der Waals surface area contributed by atoms with Gasteiger partial charge in [0.1, 0.15) is 0 Å². The highest BCUT2D eigenvalue weighted by Gasteiger charge is 2.61. The van der Waals surface area contributed by atoms with Gasteiger partial charge in [-0.25, -0.2) is 0 Å². The van der Waals surface area contributed by atoms with Gasteiger partial charge in [0.2, 0.25) is 17.7 Å². The van der Waals surface area contributed by atoms with E-state index < -0.39 is 5.41 Å². The van der Waals surface area contributed by atoms with Crippen LogP contribution in [-0.2, 0) is 19.8 Å². The van der Waals surface area contributed by atoms with Crippen molar-refractivity contribution < 1.29 is 14.4 Å². The number of hydrogen-bond acceptors (Lipinski definition) is 3. The largest absolute Gasteiger partial charge is 0.326 e. The van der Waals surface area contributed by atoms with E-state index in [9.17, 15) is 14.4 Å². The number of rotatable bonds is 4. The second-order valence-corrected chi connectivity index (χ2v) is 6.24. The number of nitrogens with one attached hydrogen (secondary N) is 1. The topological polar surface area (TPSA) is 66.5 Å². The van der Waals surface area contributed by atoms with E-state index in [-0.39, 0.29) is 23.6 Å². The molecule has 2 heterocycles. The van der Waals surface area contributed by atoms with Gasteiger partial charge in [-0.3, -0.25) is 19.3 Å². The van der Waals surface area contributed by atoms with Crippen molar-refractivity contribution in [1.29, 1.82) is 0 Å². The standard InChI is InChI=1S/C17H20N2O3/c1-3-8-19-15(21)12-9-17(10-12,16(19)22)13-4-6-14(7-5-13)18-11(2)20/h4-7,12H,3,8-10H2,1-2H3,(H,18,20). The number of fused-ring (bicyclic) bond motifs is 2. The highest BCUT2D eigenvalue weighted by atomic mass is 16.2. The van der Waals surface area contributed by atoms with Gasteiger partial charge in [0, 0.05) is 25.1 Å². The van der Waals surface area contributed by atoms with Crippen molar-refractivity contribution in [2.45, 2.75) is 38.5 Å². The van der Waals surface area contributed by atoms with Gasteiger partial charge in [-0.2, -0.15) is 0 Å². The molecule has 116 valence electrons. The normalized spacial score (nSPS) is 26.6. The molecule has 1 saturated carbocycles. The Kier molecular flexibility index (Phi) is 3.51. The maximum atomic E-state index is 12.8. The minimum atomic E-state index is -0.539. The molecule has 22 heavy (non-hydrogen) atoms. The zero-order valence-electron chi connectivity index (χ0n) is 12.9. The number of nitrogens with zero attached hydrogens (tertiary/aromatic N) is 1. The smallest absolute Gasteiger partial charge is 0.239 e. The van der Waals surface area contributed by atoms with Crippen LogP contribution in [0.3, 0.4) is 0 Å². The first kappa shape index (κ1) is 14.8. The molecular weight excluding hydrogens is 280 g/mol. The number of amides is 3. The second-order valence-electron chi connectivity index (χ2n) is 6.24. The van der Waals surface area contributed by atoms with Crippen molar-refractivity contribution in [1.82, 2.24) is 4.90 Å². The molecule has 0 aromatic heterocycles. The summed E-state index contributed by atoms with van der Waals surface area (Å²) in [6, 6.07) is 7.40. The Morgan fingerprint density at radius 3 is 2.45 bits per heavy atom. The monoisotopic (exact) mass is 300 g/mol. The Morgan fingerprint density at radius 1 is 1.27 bits per heavy atom. The third kappa shape index (κ3) is 2.12. The van der Waals surface area contributed by atoms with E-state index in [0.29, 0.717) is 25.1 Å². The van der Waals surface area contributed by atoms with E-state index in [0.717, 1.165) is 12.0 Å². The van der Waals surface area contributed by atoms with E-state index in [2.05, 4.69) is 5.32 Å². The summed E-state index contributed by atoms with van der Waals surface area (Å²) < 4.78 is 0. The number of piperidine rings is 2. The Labute approximate surface area is 129 Å². The van der Waals surface area contributed by atoms with Crippen LogP contribution in [-0.4, -0.2) is 29.2 Å². The predicted octanol–water partition coefficient (Wildman–Crippen LogP) is 2.07. The van der Waals surface area contributed by atoms with Gasteiger partial charge in [0.15, 0.2) is 0 Å². The van der Waals surface area contributed by atoms with Crippen LogP contribution >= 0.6 is 0 Å². The molecule has 1 aromatic carbocycles. The summed E-state index contributed by atoms with van der Waals surface area (Å²) >= 11 is 0. The zero-order valence-corrected chi connectivity index (χ0v) is 12.9. The number of benzene rings is 1. The van der Waals surface area contributed by atoms with Crippen LogP contribution in [0.25, 0.3) is 0 Å². The van der Waals surface area contributed by atoms with Crippen molar-refractivity contribution in [3.63, 3.8) is 0 Å². The molecule has 1 aliphatic carbocycles. The molecule has 0 radical (unpaired) electrons. The summed E-state index contributed by atoms with van der Waals surface area (Å²) in [6.07, 6.45) is 2.01. The molecule has 3 aliphatic rings. The van der Waals surface area contributed by atoms with Gasteiger partial charge in [-0.15, -0.1) is 0 Å². The summed E-state index contributed by atoms with van der Waals surface area (Å²) in [7, 11) is 0. The fourth-order valence-corrected chi connectivity index (χ4v) is 3.58. The maximum absolute atomic E-state index is 12.8. The first-order valence-corrected chi connectivity index (χ1v) is 7.72. The lowest BCUT2D eigenvalue weighted by atomic mass is 9.55. The highest BCUT2D eigenvalue weighted by molar-refractivity contribution is 6.07. The Balaban J connectivity index is 1.86. The van der Waals surface area contributed by atoms with Crippen LogP contribution in [0.5, 0.6) is 0 Å². The third-order valence-corrected chi connectivity index (χ3v) is 4.66. The molecule has 2 bridgehead atoms. The molecule has 2 aliphatic heterocycles. The third-order valence-electron chi connectivity index (χ3n) is 4.66. The molecule has 5 nitrogen and oxygen atoms in total. The number of carbonyl (C=O) groups excluding carboxylic acids is 3. The summed E-state index contributed by atoms with van der Waals surface area (Å²) in [6.45, 7) is 3.93. The highest BCUT2D eigenvalue weighted by Crippen LogP contribution is 2.53. The summed E-state index contributed by atoms with van der Waals surface area (Å²) in [4.78, 5) is 37.4. The van der Waals surface area contributed by atoms with E-state index in [1.54, 1.807) is 0 Å². The van der Waals surface area contributed by atoms with E-state index in [1.165, 1.54) is 11.8 Å². The zero-order chi connectivity index (χ0) is 15.9. The molecule has 3 amide bonds. The van der Waals surface area contributed by atoms with Crippen molar-refractivity contribution in [2.24, 2.45) is 5.92 Å². The minimum absolute atomic E-state index is 0.0106. The molecular formula is C17H20N2O3. The number of hydrogen-bond donors (Lipinski definition) is 1. The van der Waals surface area contributed by atoms with Crippen LogP contribution in [0, 0.1) is 5.92 Å². The number of imide groups is 1. The second kappa shape index (κ2) is 5.23. The van der Waals surface area contributed by atoms with Gasteiger partial charge in [-0.1, -0.05) is 19.1 Å². The molecule has 5 heteroatoms. The van der Waals surface area contributed by atoms with Crippen LogP contribution in [0.15, 0.2) is 24.3 Å². The van der Waals surface area contributed by atoms with Crippen molar-refractivity contribution in [3.05, 3.63) is 29.8 Å². The van der Waals surface area contributed by atoms with Crippen molar-refractivity contribution in [2.75, 3.05) is 11.9 Å². The van der Waals surface area contributed by atoms with E-state index in [4.69, 9.17) is 0 Å². The Bertz CT molecular complexity index is 630. The Hall–Kier alpha value is -2.17. The average molecular weight is 300 g/mol. The van der Waals surface area contributed by atoms with E-state index in [1.807, 2.05) is 31.2 Å². The summed E-state index contributed by atoms with van der Waals surface area (Å²) in [5, 5.41) is 2.72. The average Bonchev–Trinajstić information content (AvgIpc) is 2.42. The minimum Gasteiger partial charge on any atom is -0.326 e. The van der Waals surface area contributed by atoms with Crippen molar-refractivity contribution >= 4 is 23.4 Å². The van der Waals surface area contributed by atoms with Gasteiger partial charge >= 0.3 is 0 Å². The lowest BCUT2D eigenvalue weighted by Crippen LogP contribution is -2.65. The first-order valence-electron chi connectivity index (χ1n) is 7.72. The molecule has 1 N–H and O–H groups in total. The molecule has 1 aromatic rings. The fraction of sp³-hybridized carbons (Fsp3) is 0.471. The summed E-state index contributed by atoms with van der Waals surface area (Å²) in [5.41, 5.74) is 1.12. The quantitative estimate of drug-likeness (QED) is 0.866. The van der Waals surface area contributed by atoms with E-state index >= 15 is 0 Å². The lowest BCUT2D eigenvalue weighted by molar-refractivity contribution is -0.168. The predicted molar refractivity (Wildman–Crippen MR) is 82.2 cm³/mol. The number of carbonyl (C=O) groups is 3. The van der Waals surface area contributed by atoms with Crippen LogP contribution in [0.2, 0.25) is 0 Å². The van der Waals surface area contributed by atoms with Gasteiger partial charge in [0.25, 0.3) is 0 Å². The first-order chi connectivity index (χ1) is 10.5. The van der Waals surface area contributed by atoms with Gasteiger partial charge in [0.05, 0.1) is 5.41 Å². The number of anilines is 1. The van der Waals surface area contributed by atoms with Crippen LogP contribution in [0.4, 0.5) is 5.69 Å². The molecule has 2 saturated heterocycles. The van der Waals surface area contributed by atoms with Gasteiger partial charge in [-0.05, 0) is 37.0 Å². The van der Waals surface area contributed by atoms with Crippen molar-refractivity contribution in [3.8, 4) is 0 Å². The molecule has 3 fully saturated rings.